The molecule has 176 valence electrons. The van der Waals surface area contributed by atoms with Gasteiger partial charge in [0.2, 0.25) is 5.91 Å². The summed E-state index contributed by atoms with van der Waals surface area (Å²) in [4.78, 5) is 40.1. The zero-order valence-electron chi connectivity index (χ0n) is 17.4. The van der Waals surface area contributed by atoms with E-state index < -0.39 is 7.82 Å². The van der Waals surface area contributed by atoms with Gasteiger partial charge >= 0.3 is 0 Å². The molecule has 0 aromatic heterocycles. The molecule has 10 nitrogen and oxygen atoms in total. The van der Waals surface area contributed by atoms with Gasteiger partial charge in [-0.15, -0.1) is 0 Å². The maximum Gasteiger partial charge on any atom is 0.262 e. The third-order valence-corrected chi connectivity index (χ3v) is 8.40. The van der Waals surface area contributed by atoms with E-state index in [-0.39, 0.29) is 28.4 Å². The molecule has 7 atom stereocenters. The maximum atomic E-state index is 13.2. The molecule has 32 heavy (non-hydrogen) atoms. The molecule has 1 unspecified atom stereocenters. The molecule has 1 saturated carbocycles. The molecule has 0 radical (unpaired) electrons. The molecule has 1 aromatic rings. The SMILES string of the molecule is O.O.O=C1C[C@@H]2OCC=C3C[NH+]4CC[C@]56c7ccccc7N1[C@H]5[C@H]2[C@H]3C[C@H]46.O=P([O-])(O)O. The summed E-state index contributed by atoms with van der Waals surface area (Å²) in [6.07, 6.45) is 5.54. The lowest BCUT2D eigenvalue weighted by Crippen LogP contribution is -3.16. The van der Waals surface area contributed by atoms with E-state index in [4.69, 9.17) is 24.0 Å². The van der Waals surface area contributed by atoms with Crippen LogP contribution in [0.1, 0.15) is 24.8 Å². The highest BCUT2D eigenvalue weighted by molar-refractivity contribution is 7.43. The fourth-order valence-electron chi connectivity index (χ4n) is 7.73. The van der Waals surface area contributed by atoms with E-state index in [9.17, 15) is 4.79 Å². The highest BCUT2D eigenvalue weighted by atomic mass is 31.2. The Balaban J connectivity index is 0.000000320. The number of amides is 1. The van der Waals surface area contributed by atoms with Crippen LogP contribution >= 0.6 is 7.82 Å². The fraction of sp³-hybridized carbons (Fsp3) is 0.571. The smallest absolute Gasteiger partial charge is 0.262 e. The first-order chi connectivity index (χ1) is 14.3. The molecule has 1 amide bonds. The summed E-state index contributed by atoms with van der Waals surface area (Å²) in [6.45, 7) is 3.15. The van der Waals surface area contributed by atoms with Gasteiger partial charge < -0.3 is 40.2 Å². The number of carbonyl (C=O) groups excluding carboxylic acids is 1. The van der Waals surface area contributed by atoms with Crippen molar-refractivity contribution in [1.82, 2.24) is 0 Å². The second kappa shape index (κ2) is 7.72. The molecule has 1 spiro atoms. The van der Waals surface area contributed by atoms with Gasteiger partial charge in [0.1, 0.15) is 6.04 Å². The van der Waals surface area contributed by atoms with Crippen molar-refractivity contribution < 1.29 is 44.6 Å². The van der Waals surface area contributed by atoms with Crippen LogP contribution in [0, 0.1) is 11.8 Å². The Morgan fingerprint density at radius 2 is 1.97 bits per heavy atom. The maximum absolute atomic E-state index is 13.2. The number of piperidine rings is 2. The number of benzene rings is 1. The van der Waals surface area contributed by atoms with Gasteiger partial charge in [0.25, 0.3) is 7.82 Å². The van der Waals surface area contributed by atoms with Crippen molar-refractivity contribution in [2.24, 2.45) is 11.8 Å². The molecular formula is C21H29N2O8P. The van der Waals surface area contributed by atoms with Crippen LogP contribution in [0.25, 0.3) is 0 Å². The number of phosphoric acid groups is 1. The van der Waals surface area contributed by atoms with E-state index in [1.54, 1.807) is 10.5 Å². The number of fused-ring (bicyclic) bond motifs is 2. The Kier molecular flexibility index (Phi) is 5.67. The molecule has 2 bridgehead atoms. The van der Waals surface area contributed by atoms with E-state index in [1.165, 1.54) is 37.2 Å². The zero-order chi connectivity index (χ0) is 20.8. The highest BCUT2D eigenvalue weighted by Gasteiger charge is 2.73. The quantitative estimate of drug-likeness (QED) is 0.279. The minimum Gasteiger partial charge on any atom is -0.756 e. The topological polar surface area (TPSA) is 178 Å². The van der Waals surface area contributed by atoms with E-state index in [2.05, 4.69) is 35.2 Å². The second-order valence-electron chi connectivity index (χ2n) is 9.42. The number of nitrogens with one attached hydrogen (secondary N) is 1. The molecule has 5 aliphatic heterocycles. The minimum atomic E-state index is -4.89. The number of ether oxygens (including phenoxy) is 1. The van der Waals surface area contributed by atoms with Gasteiger partial charge in [0.15, 0.2) is 0 Å². The first kappa shape index (κ1) is 23.5. The van der Waals surface area contributed by atoms with E-state index in [0.29, 0.717) is 36.9 Å². The van der Waals surface area contributed by atoms with Gasteiger partial charge in [0.05, 0.1) is 43.7 Å². The third-order valence-electron chi connectivity index (χ3n) is 8.40. The zero-order valence-corrected chi connectivity index (χ0v) is 18.3. The van der Waals surface area contributed by atoms with E-state index in [0.717, 1.165) is 0 Å². The summed E-state index contributed by atoms with van der Waals surface area (Å²) in [5.41, 5.74) is 4.46. The number of anilines is 1. The minimum absolute atomic E-state index is 0. The number of carbonyl (C=O) groups is 1. The molecule has 6 aliphatic rings. The molecule has 7 rings (SSSR count). The Bertz CT molecular complexity index is 1000. The van der Waals surface area contributed by atoms with Gasteiger partial charge in [-0.3, -0.25) is 9.36 Å². The van der Waals surface area contributed by atoms with Crippen LogP contribution in [-0.4, -0.2) is 64.5 Å². The van der Waals surface area contributed by atoms with Gasteiger partial charge in [-0.1, -0.05) is 24.3 Å². The van der Waals surface area contributed by atoms with Crippen molar-refractivity contribution in [3.63, 3.8) is 0 Å². The van der Waals surface area contributed by atoms with Crippen LogP contribution in [0.2, 0.25) is 0 Å². The van der Waals surface area contributed by atoms with Gasteiger partial charge in [-0.05, 0) is 23.1 Å². The lowest BCUT2D eigenvalue weighted by atomic mass is 9.53. The summed E-state index contributed by atoms with van der Waals surface area (Å²) >= 11 is 0. The number of para-hydroxylation sites is 1. The van der Waals surface area contributed by atoms with Crippen LogP contribution in [-0.2, 0) is 19.5 Å². The first-order valence-electron chi connectivity index (χ1n) is 10.6. The monoisotopic (exact) mass is 468 g/mol. The Morgan fingerprint density at radius 3 is 2.72 bits per heavy atom. The standard InChI is InChI=1S/C21H22N2O2.H3O4P.2H2O/c24-18-10-16-19-13-9-17-21(6-7-22(17)11-12(13)5-8-25-16)14-3-1-2-4-15(14)23(18)20(19)21;1-5(2,3)4;;/h1-5,13,16-17,19-20H,6-11H2;(H3,1,2,3,4);2*1H2/t13-,16-,17-,19-,20-,21+;;;/m0.../s1. The molecule has 11 heteroatoms. The molecule has 5 heterocycles. The number of quaternary nitrogens is 1. The van der Waals surface area contributed by atoms with Crippen LogP contribution in [0.3, 0.4) is 0 Å². The average Bonchev–Trinajstić information content (AvgIpc) is 3.15. The number of nitrogens with zero attached hydrogens (tertiary/aromatic N) is 1. The molecule has 3 saturated heterocycles. The number of hydrogen-bond acceptors (Lipinski definition) is 4. The predicted molar refractivity (Wildman–Crippen MR) is 112 cm³/mol. The van der Waals surface area contributed by atoms with Crippen molar-refractivity contribution >= 4 is 19.4 Å². The van der Waals surface area contributed by atoms with Crippen LogP contribution in [0.4, 0.5) is 5.69 Å². The van der Waals surface area contributed by atoms with Crippen molar-refractivity contribution in [3.8, 4) is 0 Å². The van der Waals surface area contributed by atoms with Crippen LogP contribution in [0.5, 0.6) is 0 Å². The lowest BCUT2D eigenvalue weighted by molar-refractivity contribution is -0.916. The van der Waals surface area contributed by atoms with Crippen molar-refractivity contribution in [2.45, 2.75) is 42.9 Å². The molecular weight excluding hydrogens is 439 g/mol. The summed E-state index contributed by atoms with van der Waals surface area (Å²) in [6, 6.07) is 9.78. The average molecular weight is 468 g/mol. The highest BCUT2D eigenvalue weighted by Crippen LogP contribution is 2.62. The molecule has 7 N–H and O–H groups in total. The predicted octanol–water partition coefficient (Wildman–Crippen LogP) is -2.53. The van der Waals surface area contributed by atoms with Gasteiger partial charge in [-0.25, -0.2) is 0 Å². The summed E-state index contributed by atoms with van der Waals surface area (Å²) in [7, 11) is -4.89. The Morgan fingerprint density at radius 1 is 1.25 bits per heavy atom. The summed E-state index contributed by atoms with van der Waals surface area (Å²) in [5.74, 6) is 1.39. The van der Waals surface area contributed by atoms with Gasteiger partial charge in [0, 0.05) is 24.4 Å². The third kappa shape index (κ3) is 3.06. The first-order valence-corrected chi connectivity index (χ1v) is 12.2. The summed E-state index contributed by atoms with van der Waals surface area (Å²) < 4.78 is 15.0. The van der Waals surface area contributed by atoms with Crippen LogP contribution in [0.15, 0.2) is 35.9 Å². The molecule has 1 aliphatic carbocycles. The number of rotatable bonds is 0. The molecule has 4 fully saturated rings. The van der Waals surface area contributed by atoms with Crippen LogP contribution < -0.4 is 14.7 Å². The largest absolute Gasteiger partial charge is 0.756 e. The van der Waals surface area contributed by atoms with Gasteiger partial charge in [-0.2, -0.15) is 0 Å². The van der Waals surface area contributed by atoms with E-state index >= 15 is 0 Å². The normalized spacial score (nSPS) is 39.4. The van der Waals surface area contributed by atoms with Crippen molar-refractivity contribution in [2.75, 3.05) is 24.6 Å². The molecule has 1 aromatic carbocycles. The Labute approximate surface area is 185 Å². The van der Waals surface area contributed by atoms with Crippen molar-refractivity contribution in [3.05, 3.63) is 41.5 Å². The Hall–Kier alpha value is -1.62. The van der Waals surface area contributed by atoms with E-state index in [1.807, 2.05) is 0 Å². The summed E-state index contributed by atoms with van der Waals surface area (Å²) in [5, 5.41) is 0. The fourth-order valence-corrected chi connectivity index (χ4v) is 7.73. The van der Waals surface area contributed by atoms with Crippen molar-refractivity contribution in [1.29, 1.82) is 0 Å². The lowest BCUT2D eigenvalue weighted by Gasteiger charge is -2.56. The number of hydrogen-bond donors (Lipinski definition) is 3. The second-order valence-corrected chi connectivity index (χ2v) is 10.4.